The van der Waals surface area contributed by atoms with Crippen LogP contribution >= 0.6 is 11.6 Å². The Bertz CT molecular complexity index is 786. The van der Waals surface area contributed by atoms with E-state index in [1.807, 2.05) is 6.92 Å². The average Bonchev–Trinajstić information content (AvgIpc) is 2.63. The highest BCUT2D eigenvalue weighted by atomic mass is 35.5. The Morgan fingerprint density at radius 3 is 2.48 bits per heavy atom. The number of alkyl halides is 1. The van der Waals surface area contributed by atoms with Gasteiger partial charge in [-0.3, -0.25) is 4.18 Å². The van der Waals surface area contributed by atoms with Gasteiger partial charge in [0.2, 0.25) is 0 Å². The van der Waals surface area contributed by atoms with Gasteiger partial charge in [0, 0.05) is 6.61 Å². The molecule has 0 spiro atoms. The van der Waals surface area contributed by atoms with E-state index < -0.39 is 24.3 Å². The van der Waals surface area contributed by atoms with Gasteiger partial charge in [-0.15, -0.1) is 11.6 Å². The maximum atomic E-state index is 12.5. The molecule has 29 heavy (non-hydrogen) atoms. The predicted octanol–water partition coefficient (Wildman–Crippen LogP) is 4.43. The van der Waals surface area contributed by atoms with Crippen LogP contribution in [0.3, 0.4) is 0 Å². The summed E-state index contributed by atoms with van der Waals surface area (Å²) in [6.07, 6.45) is 4.29. The number of aliphatic hydroxyl groups is 1. The molecule has 0 aliphatic carbocycles. The number of allylic oxidation sites excluding steroid dienone is 1. The third kappa shape index (κ3) is 7.49. The van der Waals surface area contributed by atoms with Crippen molar-refractivity contribution in [1.29, 1.82) is 0 Å². The first kappa shape index (κ1) is 24.6. The van der Waals surface area contributed by atoms with E-state index in [9.17, 15) is 13.5 Å². The number of ether oxygens (including phenoxy) is 1. The smallest absolute Gasteiger partial charge is 0.297 e. The first-order chi connectivity index (χ1) is 13.5. The Morgan fingerprint density at radius 2 is 1.90 bits per heavy atom. The van der Waals surface area contributed by atoms with Crippen molar-refractivity contribution in [2.75, 3.05) is 13.2 Å². The fourth-order valence-electron chi connectivity index (χ4n) is 3.29. The molecule has 0 unspecified atom stereocenters. The lowest BCUT2D eigenvalue weighted by Crippen LogP contribution is -2.38. The molecule has 0 amide bonds. The van der Waals surface area contributed by atoms with Crippen LogP contribution in [-0.4, -0.2) is 52.4 Å². The second-order valence-electron chi connectivity index (χ2n) is 8.65. The maximum absolute atomic E-state index is 12.5. The molecular weight excluding hydrogens is 428 g/mol. The number of benzene rings is 1. The lowest BCUT2D eigenvalue weighted by atomic mass is 10.1. The number of hydrogen-bond acceptors (Lipinski definition) is 5. The Morgan fingerprint density at radius 1 is 1.24 bits per heavy atom. The van der Waals surface area contributed by atoms with Crippen LogP contribution in [0.5, 0.6) is 0 Å². The molecule has 1 aromatic rings. The van der Waals surface area contributed by atoms with Gasteiger partial charge in [0.25, 0.3) is 10.1 Å². The Balaban J connectivity index is 2.14. The van der Waals surface area contributed by atoms with Crippen LogP contribution in [0.15, 0.2) is 40.4 Å². The molecule has 0 radical (unpaired) electrons. The Hall–Kier alpha value is -0.703. The predicted molar refractivity (Wildman–Crippen MR) is 120 cm³/mol. The molecule has 5 nitrogen and oxygen atoms in total. The Labute approximate surface area is 181 Å². The van der Waals surface area contributed by atoms with Gasteiger partial charge in [0.05, 0.1) is 37.2 Å². The molecule has 1 heterocycles. The number of hydrogen-bond donors (Lipinski definition) is 1. The molecule has 0 aromatic heterocycles. The van der Waals surface area contributed by atoms with Crippen LogP contribution in [0.2, 0.25) is 19.6 Å². The number of halogens is 1. The SMILES string of the molecule is Cc1ccc(S(=O)(=O)OC[C@@H]2O[C@H](CCCO)CC([Si](C)(C)C)=CC[C@H]2Cl)cc1. The van der Waals surface area contributed by atoms with Gasteiger partial charge in [-0.05, 0) is 44.7 Å². The third-order valence-corrected chi connectivity index (χ3v) is 9.24. The van der Waals surface area contributed by atoms with Gasteiger partial charge in [0.1, 0.15) is 0 Å². The number of aliphatic hydroxyl groups excluding tert-OH is 1. The van der Waals surface area contributed by atoms with E-state index in [4.69, 9.17) is 20.5 Å². The monoisotopic (exact) mass is 460 g/mol. The van der Waals surface area contributed by atoms with E-state index >= 15 is 0 Å². The fourth-order valence-corrected chi connectivity index (χ4v) is 6.00. The molecule has 1 N–H and O–H groups in total. The first-order valence-electron chi connectivity index (χ1n) is 10.1. The van der Waals surface area contributed by atoms with Crippen LogP contribution in [0.4, 0.5) is 0 Å². The summed E-state index contributed by atoms with van der Waals surface area (Å²) in [4.78, 5) is 0.123. The lowest BCUT2D eigenvalue weighted by molar-refractivity contribution is -0.0403. The van der Waals surface area contributed by atoms with E-state index in [1.165, 1.54) is 17.3 Å². The summed E-state index contributed by atoms with van der Waals surface area (Å²) in [6, 6.07) is 6.55. The molecule has 0 saturated carbocycles. The van der Waals surface area contributed by atoms with Crippen molar-refractivity contribution in [2.24, 2.45) is 0 Å². The van der Waals surface area contributed by atoms with Crippen LogP contribution in [0, 0.1) is 6.92 Å². The molecule has 3 atom stereocenters. The van der Waals surface area contributed by atoms with Gasteiger partial charge in [-0.2, -0.15) is 8.42 Å². The summed E-state index contributed by atoms with van der Waals surface area (Å²) < 4.78 is 36.6. The van der Waals surface area contributed by atoms with Crippen molar-refractivity contribution >= 4 is 29.8 Å². The zero-order valence-corrected chi connectivity index (χ0v) is 20.3. The zero-order chi connectivity index (χ0) is 21.7. The van der Waals surface area contributed by atoms with Crippen molar-refractivity contribution < 1.29 is 22.4 Å². The molecule has 0 saturated heterocycles. The van der Waals surface area contributed by atoms with Crippen LogP contribution in [0.25, 0.3) is 0 Å². The second-order valence-corrected chi connectivity index (χ2v) is 16.0. The molecule has 1 aromatic carbocycles. The van der Waals surface area contributed by atoms with Gasteiger partial charge in [-0.1, -0.05) is 48.6 Å². The van der Waals surface area contributed by atoms with Crippen LogP contribution < -0.4 is 0 Å². The average molecular weight is 461 g/mol. The van der Waals surface area contributed by atoms with Crippen molar-refractivity contribution in [3.05, 3.63) is 41.1 Å². The topological polar surface area (TPSA) is 72.8 Å². The minimum absolute atomic E-state index is 0.0964. The minimum atomic E-state index is -3.88. The number of aryl methyl sites for hydroxylation is 1. The molecule has 8 heteroatoms. The van der Waals surface area contributed by atoms with Gasteiger partial charge >= 0.3 is 0 Å². The number of rotatable bonds is 8. The van der Waals surface area contributed by atoms with Crippen LogP contribution in [0.1, 0.15) is 31.2 Å². The van der Waals surface area contributed by atoms with E-state index in [-0.39, 0.29) is 29.6 Å². The van der Waals surface area contributed by atoms with E-state index in [1.54, 1.807) is 12.1 Å². The van der Waals surface area contributed by atoms with E-state index in [0.29, 0.717) is 19.3 Å². The highest BCUT2D eigenvalue weighted by Crippen LogP contribution is 2.30. The third-order valence-electron chi connectivity index (χ3n) is 5.15. The summed E-state index contributed by atoms with van der Waals surface area (Å²) in [7, 11) is -5.38. The normalized spacial score (nSPS) is 23.9. The summed E-state index contributed by atoms with van der Waals surface area (Å²) in [5.41, 5.74) is 0.977. The van der Waals surface area contributed by atoms with Crippen molar-refractivity contribution in [3.63, 3.8) is 0 Å². The summed E-state index contributed by atoms with van der Waals surface area (Å²) in [6.45, 7) is 8.74. The second kappa shape index (κ2) is 10.6. The summed E-state index contributed by atoms with van der Waals surface area (Å²) in [5.74, 6) is 0. The van der Waals surface area contributed by atoms with Crippen molar-refractivity contribution in [3.8, 4) is 0 Å². The van der Waals surface area contributed by atoms with Gasteiger partial charge < -0.3 is 9.84 Å². The molecule has 1 aliphatic rings. The van der Waals surface area contributed by atoms with Gasteiger partial charge in [0.15, 0.2) is 0 Å². The highest BCUT2D eigenvalue weighted by Gasteiger charge is 2.31. The quantitative estimate of drug-likeness (QED) is 0.353. The largest absolute Gasteiger partial charge is 0.396 e. The molecule has 1 aliphatic heterocycles. The van der Waals surface area contributed by atoms with Gasteiger partial charge in [-0.25, -0.2) is 0 Å². The van der Waals surface area contributed by atoms with Crippen molar-refractivity contribution in [1.82, 2.24) is 0 Å². The Kier molecular flexibility index (Phi) is 8.94. The lowest BCUT2D eigenvalue weighted by Gasteiger charge is -2.33. The minimum Gasteiger partial charge on any atom is -0.396 e. The highest BCUT2D eigenvalue weighted by molar-refractivity contribution is 7.86. The van der Waals surface area contributed by atoms with Crippen molar-refractivity contribution in [2.45, 2.75) is 74.7 Å². The molecule has 0 bridgehead atoms. The molecule has 2 rings (SSSR count). The zero-order valence-electron chi connectivity index (χ0n) is 17.7. The molecule has 0 fully saturated rings. The van der Waals surface area contributed by atoms with Crippen LogP contribution in [-0.2, 0) is 19.0 Å². The first-order valence-corrected chi connectivity index (χ1v) is 15.4. The van der Waals surface area contributed by atoms with E-state index in [2.05, 4.69) is 25.7 Å². The molecular formula is C21H33ClO5SSi. The fraction of sp³-hybridized carbons (Fsp3) is 0.619. The maximum Gasteiger partial charge on any atom is 0.297 e. The standard InChI is InChI=1S/C21H33ClO5SSi/c1-16-7-9-18(10-8-16)28(24,25)26-15-21-20(22)12-11-19(29(2,3)4)14-17(27-21)6-5-13-23/h7-11,17,20-21,23H,5-6,12-15H2,1-4H3/t17-,20-,21+/m1/s1. The molecule has 164 valence electrons. The summed E-state index contributed by atoms with van der Waals surface area (Å²) >= 11 is 6.59. The summed E-state index contributed by atoms with van der Waals surface area (Å²) in [5, 5.41) is 10.2. The van der Waals surface area contributed by atoms with E-state index in [0.717, 1.165) is 12.0 Å².